The number of amides is 1. The number of nitrogens with zero attached hydrogens (tertiary/aromatic N) is 3. The summed E-state index contributed by atoms with van der Waals surface area (Å²) in [4.78, 5) is 12.3. The Labute approximate surface area is 124 Å². The number of hydrogen-bond donors (Lipinski definition) is 1. The molecule has 1 heterocycles. The number of hydrogen-bond acceptors (Lipinski definition) is 3. The van der Waals surface area contributed by atoms with Gasteiger partial charge in [0.05, 0.1) is 35.6 Å². The molecule has 21 heavy (non-hydrogen) atoms. The molecule has 0 saturated heterocycles. The lowest BCUT2D eigenvalue weighted by Gasteiger charge is -2.11. The van der Waals surface area contributed by atoms with Crippen LogP contribution in [0.25, 0.3) is 5.69 Å². The van der Waals surface area contributed by atoms with E-state index in [1.54, 1.807) is 10.9 Å². The zero-order valence-corrected chi connectivity index (χ0v) is 12.2. The highest BCUT2D eigenvalue weighted by Gasteiger charge is 2.18. The summed E-state index contributed by atoms with van der Waals surface area (Å²) in [5.41, 5.74) is 2.35. The molecule has 1 aromatic heterocycles. The lowest BCUT2D eigenvalue weighted by molar-refractivity contribution is 0.0940. The van der Waals surface area contributed by atoms with Crippen LogP contribution in [0.2, 0.25) is 0 Å². The lowest BCUT2D eigenvalue weighted by atomic mass is 10.1. The molecule has 1 amide bonds. The van der Waals surface area contributed by atoms with Gasteiger partial charge in [-0.3, -0.25) is 4.79 Å². The smallest absolute Gasteiger partial charge is 0.255 e. The highest BCUT2D eigenvalue weighted by atomic mass is 16.1. The maximum Gasteiger partial charge on any atom is 0.255 e. The highest BCUT2D eigenvalue weighted by Crippen LogP contribution is 2.15. The minimum atomic E-state index is -0.184. The molecule has 1 N–H and O–H groups in total. The third-order valence-electron chi connectivity index (χ3n) is 3.22. The molecule has 5 heteroatoms. The molecule has 1 atom stereocenters. The van der Waals surface area contributed by atoms with Crippen molar-refractivity contribution in [2.75, 3.05) is 0 Å². The van der Waals surface area contributed by atoms with Crippen molar-refractivity contribution in [2.45, 2.75) is 32.7 Å². The largest absolute Gasteiger partial charge is 0.348 e. The molecular weight excluding hydrogens is 264 g/mol. The third-order valence-corrected chi connectivity index (χ3v) is 3.22. The van der Waals surface area contributed by atoms with Gasteiger partial charge < -0.3 is 5.32 Å². The van der Waals surface area contributed by atoms with Crippen LogP contribution in [0.3, 0.4) is 0 Å². The fourth-order valence-electron chi connectivity index (χ4n) is 2.18. The van der Waals surface area contributed by atoms with Crippen LogP contribution in [-0.4, -0.2) is 21.7 Å². The fourth-order valence-corrected chi connectivity index (χ4v) is 2.18. The zero-order valence-electron chi connectivity index (χ0n) is 12.2. The second kappa shape index (κ2) is 6.71. The molecule has 1 aromatic carbocycles. The van der Waals surface area contributed by atoms with Gasteiger partial charge >= 0.3 is 0 Å². The van der Waals surface area contributed by atoms with Gasteiger partial charge in [-0.05, 0) is 25.5 Å². The highest BCUT2D eigenvalue weighted by molar-refractivity contribution is 5.95. The van der Waals surface area contributed by atoms with Crippen LogP contribution in [0.15, 0.2) is 36.5 Å². The van der Waals surface area contributed by atoms with E-state index in [2.05, 4.69) is 10.4 Å². The van der Waals surface area contributed by atoms with Crippen molar-refractivity contribution in [3.63, 3.8) is 0 Å². The lowest BCUT2D eigenvalue weighted by Crippen LogP contribution is -2.32. The third kappa shape index (κ3) is 3.29. The predicted octanol–water partition coefficient (Wildman–Crippen LogP) is 2.47. The summed E-state index contributed by atoms with van der Waals surface area (Å²) in [5, 5.41) is 15.8. The first-order chi connectivity index (χ1) is 10.2. The fraction of sp³-hybridized carbons (Fsp3) is 0.312. The van der Waals surface area contributed by atoms with Gasteiger partial charge in [0.1, 0.15) is 0 Å². The van der Waals surface area contributed by atoms with E-state index in [0.29, 0.717) is 18.4 Å². The van der Waals surface area contributed by atoms with Crippen molar-refractivity contribution in [1.82, 2.24) is 15.1 Å². The maximum atomic E-state index is 12.3. The van der Waals surface area contributed by atoms with Gasteiger partial charge in [-0.15, -0.1) is 0 Å². The Hall–Kier alpha value is -2.61. The molecule has 0 aliphatic rings. The molecule has 0 aliphatic heterocycles. The molecule has 108 valence electrons. The van der Waals surface area contributed by atoms with E-state index in [9.17, 15) is 4.79 Å². The standard InChI is InChI=1S/C16H18N4O/c1-3-15-14(16(21)19-12(2)9-10-17)11-18-20(15)13-7-5-4-6-8-13/h4-8,11-12H,3,9H2,1-2H3,(H,19,21). The summed E-state index contributed by atoms with van der Waals surface area (Å²) in [6.45, 7) is 3.81. The summed E-state index contributed by atoms with van der Waals surface area (Å²) < 4.78 is 1.78. The average molecular weight is 282 g/mol. The van der Waals surface area contributed by atoms with E-state index in [1.165, 1.54) is 0 Å². The van der Waals surface area contributed by atoms with Gasteiger partial charge in [-0.1, -0.05) is 25.1 Å². The molecule has 2 aromatic rings. The molecule has 0 bridgehead atoms. The van der Waals surface area contributed by atoms with Gasteiger partial charge in [-0.25, -0.2) is 4.68 Å². The summed E-state index contributed by atoms with van der Waals surface area (Å²) in [7, 11) is 0. The Morgan fingerprint density at radius 2 is 2.14 bits per heavy atom. The first-order valence-electron chi connectivity index (χ1n) is 6.97. The van der Waals surface area contributed by atoms with Crippen LogP contribution in [0.5, 0.6) is 0 Å². The van der Waals surface area contributed by atoms with E-state index in [1.807, 2.05) is 50.2 Å². The summed E-state index contributed by atoms with van der Waals surface area (Å²) in [6.07, 6.45) is 2.57. The molecule has 1 unspecified atom stereocenters. The quantitative estimate of drug-likeness (QED) is 0.915. The van der Waals surface area contributed by atoms with Crippen LogP contribution in [0.1, 0.15) is 36.3 Å². The van der Waals surface area contributed by atoms with Crippen molar-refractivity contribution in [3.05, 3.63) is 47.8 Å². The maximum absolute atomic E-state index is 12.3. The van der Waals surface area contributed by atoms with Gasteiger partial charge in [0.2, 0.25) is 0 Å². The second-order valence-electron chi connectivity index (χ2n) is 4.84. The van der Waals surface area contributed by atoms with Crippen molar-refractivity contribution >= 4 is 5.91 Å². The van der Waals surface area contributed by atoms with Gasteiger partial charge in [0, 0.05) is 6.04 Å². The van der Waals surface area contributed by atoms with Gasteiger partial charge in [-0.2, -0.15) is 10.4 Å². The number of carbonyl (C=O) groups excluding carboxylic acids is 1. The zero-order chi connectivity index (χ0) is 15.2. The number of aromatic nitrogens is 2. The number of para-hydroxylation sites is 1. The van der Waals surface area contributed by atoms with E-state index in [0.717, 1.165) is 11.4 Å². The molecule has 0 saturated carbocycles. The van der Waals surface area contributed by atoms with E-state index >= 15 is 0 Å². The van der Waals surface area contributed by atoms with Crippen LogP contribution >= 0.6 is 0 Å². The van der Waals surface area contributed by atoms with E-state index < -0.39 is 0 Å². The summed E-state index contributed by atoms with van der Waals surface area (Å²) in [6, 6.07) is 11.6. The number of carbonyl (C=O) groups is 1. The normalized spacial score (nSPS) is 11.7. The minimum absolute atomic E-state index is 0.174. The molecule has 2 rings (SSSR count). The Kier molecular flexibility index (Phi) is 4.72. The number of nitrogens with one attached hydrogen (secondary N) is 1. The predicted molar refractivity (Wildman–Crippen MR) is 80.1 cm³/mol. The van der Waals surface area contributed by atoms with Crippen LogP contribution < -0.4 is 5.32 Å². The second-order valence-corrected chi connectivity index (χ2v) is 4.84. The van der Waals surface area contributed by atoms with Crippen molar-refractivity contribution in [2.24, 2.45) is 0 Å². The Morgan fingerprint density at radius 1 is 1.43 bits per heavy atom. The molecular formula is C16H18N4O. The monoisotopic (exact) mass is 282 g/mol. The first-order valence-corrected chi connectivity index (χ1v) is 6.97. The van der Waals surface area contributed by atoms with Gasteiger partial charge in [0.25, 0.3) is 5.91 Å². The molecule has 0 radical (unpaired) electrons. The molecule has 0 fully saturated rings. The van der Waals surface area contributed by atoms with Crippen LogP contribution in [0, 0.1) is 11.3 Å². The molecule has 0 aliphatic carbocycles. The Morgan fingerprint density at radius 3 is 2.76 bits per heavy atom. The summed E-state index contributed by atoms with van der Waals surface area (Å²) in [5.74, 6) is -0.184. The molecule has 0 spiro atoms. The number of benzene rings is 1. The van der Waals surface area contributed by atoms with Crippen molar-refractivity contribution in [3.8, 4) is 11.8 Å². The molecule has 5 nitrogen and oxygen atoms in total. The number of nitriles is 1. The average Bonchev–Trinajstić information content (AvgIpc) is 2.92. The first kappa shape index (κ1) is 14.8. The van der Waals surface area contributed by atoms with Crippen LogP contribution in [0.4, 0.5) is 0 Å². The Balaban J connectivity index is 2.28. The van der Waals surface area contributed by atoms with Gasteiger partial charge in [0.15, 0.2) is 0 Å². The van der Waals surface area contributed by atoms with Crippen LogP contribution in [-0.2, 0) is 6.42 Å². The summed E-state index contributed by atoms with van der Waals surface area (Å²) >= 11 is 0. The minimum Gasteiger partial charge on any atom is -0.348 e. The number of rotatable bonds is 5. The SMILES string of the molecule is CCc1c(C(=O)NC(C)CC#N)cnn1-c1ccccc1. The van der Waals surface area contributed by atoms with E-state index in [4.69, 9.17) is 5.26 Å². The van der Waals surface area contributed by atoms with Crippen molar-refractivity contribution in [1.29, 1.82) is 5.26 Å². The Bertz CT molecular complexity index is 655. The topological polar surface area (TPSA) is 70.7 Å². The van der Waals surface area contributed by atoms with Crippen molar-refractivity contribution < 1.29 is 4.79 Å². The van der Waals surface area contributed by atoms with E-state index in [-0.39, 0.29) is 11.9 Å².